The molecule has 0 saturated carbocycles. The molecule has 1 aromatic carbocycles. The summed E-state index contributed by atoms with van der Waals surface area (Å²) in [5, 5.41) is 0.608. The third-order valence-corrected chi connectivity index (χ3v) is 2.62. The first-order valence-corrected chi connectivity index (χ1v) is 6.51. The van der Waals surface area contributed by atoms with Gasteiger partial charge < -0.3 is 9.47 Å². The number of methoxy groups -OCH3 is 1. The molecule has 0 aliphatic heterocycles. The molecule has 0 atom stereocenters. The van der Waals surface area contributed by atoms with E-state index in [0.717, 1.165) is 5.57 Å². The molecule has 0 fully saturated rings. The van der Waals surface area contributed by atoms with Gasteiger partial charge in [0.15, 0.2) is 11.5 Å². The molecular weight excluding hydrogens is 274 g/mol. The van der Waals surface area contributed by atoms with Crippen LogP contribution in [0.1, 0.15) is 6.92 Å². The molecule has 1 rings (SSSR count). The molecule has 0 saturated heterocycles. The Labute approximate surface area is 124 Å². The van der Waals surface area contributed by atoms with Gasteiger partial charge in [-0.25, -0.2) is 0 Å². The number of nitrogens with zero attached hydrogens (tertiary/aromatic N) is 1. The van der Waals surface area contributed by atoms with Gasteiger partial charge in [0.25, 0.3) is 0 Å². The Hall–Kier alpha value is -2.00. The van der Waals surface area contributed by atoms with E-state index in [-0.39, 0.29) is 0 Å². The van der Waals surface area contributed by atoms with Gasteiger partial charge >= 0.3 is 0 Å². The van der Waals surface area contributed by atoms with Crippen molar-refractivity contribution in [1.29, 1.82) is 0 Å². The van der Waals surface area contributed by atoms with Gasteiger partial charge in [0.05, 0.1) is 7.11 Å². The smallest absolute Gasteiger partial charge is 0.162 e. The molecule has 20 heavy (non-hydrogen) atoms. The van der Waals surface area contributed by atoms with Crippen LogP contribution in [0.2, 0.25) is 5.02 Å². The molecule has 0 spiro atoms. The topological polar surface area (TPSA) is 30.8 Å². The standard InChI is InChI=1S/C16H18ClNO2/c1-4-6-13(9-10-18-5-2)12-20-15-8-7-14(17)11-16(15)19-3/h4-11H,2,12H2,1,3H3/b6-4+,13-9+,18-10+. The molecule has 0 amide bonds. The maximum atomic E-state index is 5.91. The third kappa shape index (κ3) is 5.33. The van der Waals surface area contributed by atoms with Crippen molar-refractivity contribution in [1.82, 2.24) is 0 Å². The van der Waals surface area contributed by atoms with Crippen LogP contribution in [-0.4, -0.2) is 19.9 Å². The zero-order chi connectivity index (χ0) is 14.8. The molecule has 106 valence electrons. The molecule has 0 aliphatic rings. The highest BCUT2D eigenvalue weighted by Gasteiger charge is 2.05. The van der Waals surface area contributed by atoms with Crippen molar-refractivity contribution in [2.24, 2.45) is 4.99 Å². The summed E-state index contributed by atoms with van der Waals surface area (Å²) in [6.07, 6.45) is 8.91. The van der Waals surface area contributed by atoms with Crippen LogP contribution in [0.25, 0.3) is 0 Å². The minimum Gasteiger partial charge on any atom is -0.493 e. The van der Waals surface area contributed by atoms with Gasteiger partial charge in [-0.2, -0.15) is 0 Å². The monoisotopic (exact) mass is 291 g/mol. The van der Waals surface area contributed by atoms with E-state index in [9.17, 15) is 0 Å². The molecule has 0 unspecified atom stereocenters. The molecule has 0 aromatic heterocycles. The van der Waals surface area contributed by atoms with E-state index < -0.39 is 0 Å². The van der Waals surface area contributed by atoms with Gasteiger partial charge in [0, 0.05) is 23.5 Å². The summed E-state index contributed by atoms with van der Waals surface area (Å²) in [6, 6.07) is 5.26. The number of benzene rings is 1. The number of halogens is 1. The highest BCUT2D eigenvalue weighted by Crippen LogP contribution is 2.30. The molecule has 0 N–H and O–H groups in total. The van der Waals surface area contributed by atoms with Crippen LogP contribution in [0.15, 0.2) is 59.8 Å². The van der Waals surface area contributed by atoms with Gasteiger partial charge in [-0.3, -0.25) is 4.99 Å². The average molecular weight is 292 g/mol. The fraction of sp³-hybridized carbons (Fsp3) is 0.188. The lowest BCUT2D eigenvalue weighted by Crippen LogP contribution is -2.01. The molecule has 3 nitrogen and oxygen atoms in total. The van der Waals surface area contributed by atoms with Crippen LogP contribution >= 0.6 is 11.6 Å². The van der Waals surface area contributed by atoms with Crippen LogP contribution in [-0.2, 0) is 0 Å². The van der Waals surface area contributed by atoms with Gasteiger partial charge in [0.2, 0.25) is 0 Å². The lowest BCUT2D eigenvalue weighted by Gasteiger charge is -2.11. The Kier molecular flexibility index (Phi) is 7.22. The summed E-state index contributed by atoms with van der Waals surface area (Å²) < 4.78 is 11.0. The summed E-state index contributed by atoms with van der Waals surface area (Å²) in [5.41, 5.74) is 0.982. The second kappa shape index (κ2) is 8.99. The van der Waals surface area contributed by atoms with Crippen molar-refractivity contribution < 1.29 is 9.47 Å². The first-order valence-electron chi connectivity index (χ1n) is 6.13. The fourth-order valence-electron chi connectivity index (χ4n) is 1.49. The maximum absolute atomic E-state index is 5.91. The van der Waals surface area contributed by atoms with E-state index >= 15 is 0 Å². The second-order valence-corrected chi connectivity index (χ2v) is 4.24. The average Bonchev–Trinajstić information content (AvgIpc) is 2.45. The van der Waals surface area contributed by atoms with E-state index in [1.807, 2.05) is 25.2 Å². The number of ether oxygens (including phenoxy) is 2. The van der Waals surface area contributed by atoms with Crippen LogP contribution in [0.5, 0.6) is 11.5 Å². The summed E-state index contributed by atoms with van der Waals surface area (Å²) in [5.74, 6) is 1.25. The van der Waals surface area contributed by atoms with Crippen LogP contribution in [0, 0.1) is 0 Å². The second-order valence-electron chi connectivity index (χ2n) is 3.81. The number of hydrogen-bond donors (Lipinski definition) is 0. The Balaban J connectivity index is 2.79. The molecular formula is C16H18ClNO2. The minimum absolute atomic E-state index is 0.408. The van der Waals surface area contributed by atoms with Crippen LogP contribution < -0.4 is 9.47 Å². The molecule has 0 heterocycles. The lowest BCUT2D eigenvalue weighted by atomic mass is 10.2. The van der Waals surface area contributed by atoms with Crippen molar-refractivity contribution >= 4 is 17.8 Å². The summed E-state index contributed by atoms with van der Waals surface area (Å²) >= 11 is 5.91. The van der Waals surface area contributed by atoms with Crippen LogP contribution in [0.4, 0.5) is 0 Å². The third-order valence-electron chi connectivity index (χ3n) is 2.38. The van der Waals surface area contributed by atoms with E-state index in [1.165, 1.54) is 6.20 Å². The van der Waals surface area contributed by atoms with Gasteiger partial charge in [0.1, 0.15) is 6.61 Å². The van der Waals surface area contributed by atoms with Gasteiger partial charge in [-0.05, 0) is 30.7 Å². The quantitative estimate of drug-likeness (QED) is 0.549. The van der Waals surface area contributed by atoms with Crippen LogP contribution in [0.3, 0.4) is 0 Å². The number of aliphatic imine (C=N–C) groups is 1. The Morgan fingerprint density at radius 3 is 2.85 bits per heavy atom. The summed E-state index contributed by atoms with van der Waals surface area (Å²) in [6.45, 7) is 5.88. The molecule has 0 aliphatic carbocycles. The first-order chi connectivity index (χ1) is 9.71. The molecule has 1 aromatic rings. The fourth-order valence-corrected chi connectivity index (χ4v) is 1.65. The highest BCUT2D eigenvalue weighted by molar-refractivity contribution is 6.30. The van der Waals surface area contributed by atoms with Gasteiger partial charge in [-0.15, -0.1) is 0 Å². The Morgan fingerprint density at radius 2 is 2.20 bits per heavy atom. The van der Waals surface area contributed by atoms with Crippen molar-refractivity contribution in [3.05, 3.63) is 59.8 Å². The minimum atomic E-state index is 0.408. The lowest BCUT2D eigenvalue weighted by molar-refractivity contribution is 0.322. The summed E-state index contributed by atoms with van der Waals surface area (Å²) in [4.78, 5) is 3.93. The van der Waals surface area contributed by atoms with E-state index in [0.29, 0.717) is 23.1 Å². The predicted molar refractivity (Wildman–Crippen MR) is 85.1 cm³/mol. The number of rotatable bonds is 7. The normalized spacial score (nSPS) is 12.1. The van der Waals surface area contributed by atoms with E-state index in [4.69, 9.17) is 21.1 Å². The van der Waals surface area contributed by atoms with Crippen molar-refractivity contribution in [3.8, 4) is 11.5 Å². The molecule has 4 heteroatoms. The van der Waals surface area contributed by atoms with Gasteiger partial charge in [-0.1, -0.05) is 30.3 Å². The molecule has 0 bridgehead atoms. The van der Waals surface area contributed by atoms with Crippen molar-refractivity contribution in [3.63, 3.8) is 0 Å². The largest absolute Gasteiger partial charge is 0.493 e. The number of allylic oxidation sites excluding steroid dienone is 2. The molecule has 0 radical (unpaired) electrons. The van der Waals surface area contributed by atoms with E-state index in [2.05, 4.69) is 11.6 Å². The predicted octanol–water partition coefficient (Wildman–Crippen LogP) is 4.44. The Morgan fingerprint density at radius 1 is 1.40 bits per heavy atom. The zero-order valence-corrected chi connectivity index (χ0v) is 12.4. The zero-order valence-electron chi connectivity index (χ0n) is 11.7. The maximum Gasteiger partial charge on any atom is 0.162 e. The summed E-state index contributed by atoms with van der Waals surface area (Å²) in [7, 11) is 1.58. The van der Waals surface area contributed by atoms with E-state index in [1.54, 1.807) is 31.5 Å². The van der Waals surface area contributed by atoms with Crippen molar-refractivity contribution in [2.75, 3.05) is 13.7 Å². The Bertz CT molecular complexity index is 533. The first kappa shape index (κ1) is 16.1. The SMILES string of the molecule is C=C/N=C/C=C(\C=C\C)COc1ccc(Cl)cc1OC. The highest BCUT2D eigenvalue weighted by atomic mass is 35.5. The number of hydrogen-bond acceptors (Lipinski definition) is 3. The van der Waals surface area contributed by atoms with Crippen molar-refractivity contribution in [2.45, 2.75) is 6.92 Å².